The average molecular weight is 345 g/mol. The van der Waals surface area contributed by atoms with Gasteiger partial charge in [0.15, 0.2) is 0 Å². The normalized spacial score (nSPS) is 17.8. The van der Waals surface area contributed by atoms with Crippen molar-refractivity contribution in [2.24, 2.45) is 0 Å². The van der Waals surface area contributed by atoms with E-state index in [1.165, 1.54) is 29.2 Å². The molecular formula is C18H20FN3O3. The summed E-state index contributed by atoms with van der Waals surface area (Å²) < 4.78 is 18.3. The summed E-state index contributed by atoms with van der Waals surface area (Å²) in [6.07, 6.45) is 0.654. The number of nitrogens with one attached hydrogen (secondary N) is 1. The maximum Gasteiger partial charge on any atom is 0.249 e. The number of carbonyl (C=O) groups excluding carboxylic acids is 2. The third kappa shape index (κ3) is 3.55. The quantitative estimate of drug-likeness (QED) is 0.926. The summed E-state index contributed by atoms with van der Waals surface area (Å²) in [6, 6.07) is 6.53. The van der Waals surface area contributed by atoms with Crippen LogP contribution >= 0.6 is 0 Å². The summed E-state index contributed by atoms with van der Waals surface area (Å²) in [5.41, 5.74) is 1.02. The second-order valence-electron chi connectivity index (χ2n) is 7.11. The van der Waals surface area contributed by atoms with E-state index in [4.69, 9.17) is 4.52 Å². The molecular weight excluding hydrogens is 325 g/mol. The fourth-order valence-corrected chi connectivity index (χ4v) is 2.75. The van der Waals surface area contributed by atoms with E-state index in [0.29, 0.717) is 12.1 Å². The van der Waals surface area contributed by atoms with Gasteiger partial charge in [0.2, 0.25) is 17.7 Å². The van der Waals surface area contributed by atoms with Crippen LogP contribution in [0.2, 0.25) is 0 Å². The third-order valence-electron chi connectivity index (χ3n) is 4.14. The summed E-state index contributed by atoms with van der Waals surface area (Å²) >= 11 is 0. The summed E-state index contributed by atoms with van der Waals surface area (Å²) in [7, 11) is 0. The van der Waals surface area contributed by atoms with E-state index >= 15 is 0 Å². The molecule has 6 nitrogen and oxygen atoms in total. The lowest BCUT2D eigenvalue weighted by atomic mass is 9.92. The number of aromatic nitrogens is 1. The molecule has 1 aliphatic heterocycles. The van der Waals surface area contributed by atoms with E-state index in [1.54, 1.807) is 6.07 Å². The number of amides is 2. The molecule has 1 aliphatic rings. The lowest BCUT2D eigenvalue weighted by Crippen LogP contribution is -2.41. The molecule has 1 N–H and O–H groups in total. The van der Waals surface area contributed by atoms with Gasteiger partial charge in [0.05, 0.1) is 5.69 Å². The van der Waals surface area contributed by atoms with Crippen LogP contribution in [-0.4, -0.2) is 23.0 Å². The Morgan fingerprint density at radius 2 is 2.00 bits per heavy atom. The average Bonchev–Trinajstić information content (AvgIpc) is 3.15. The van der Waals surface area contributed by atoms with Crippen molar-refractivity contribution in [3.05, 3.63) is 41.8 Å². The lowest BCUT2D eigenvalue weighted by molar-refractivity contribution is -0.120. The Labute approximate surface area is 145 Å². The Hall–Kier alpha value is -2.70. The minimum Gasteiger partial charge on any atom is -0.338 e. The van der Waals surface area contributed by atoms with Crippen LogP contribution in [0, 0.1) is 5.82 Å². The van der Waals surface area contributed by atoms with Gasteiger partial charge in [0.1, 0.15) is 11.9 Å². The van der Waals surface area contributed by atoms with Crippen molar-refractivity contribution in [1.29, 1.82) is 0 Å². The van der Waals surface area contributed by atoms with Crippen LogP contribution in [0.4, 0.5) is 16.0 Å². The maximum absolute atomic E-state index is 13.1. The molecule has 0 spiro atoms. The van der Waals surface area contributed by atoms with Crippen LogP contribution in [0.15, 0.2) is 34.9 Å². The highest BCUT2D eigenvalue weighted by Gasteiger charge is 2.37. The highest BCUT2D eigenvalue weighted by Crippen LogP contribution is 2.28. The molecule has 2 aromatic rings. The summed E-state index contributed by atoms with van der Waals surface area (Å²) in [4.78, 5) is 26.2. The van der Waals surface area contributed by atoms with Gasteiger partial charge in [-0.05, 0) is 30.7 Å². The van der Waals surface area contributed by atoms with Crippen molar-refractivity contribution < 1.29 is 18.5 Å². The van der Waals surface area contributed by atoms with Crippen LogP contribution in [0.25, 0.3) is 0 Å². The second-order valence-corrected chi connectivity index (χ2v) is 7.11. The number of anilines is 2. The molecule has 1 atom stereocenters. The van der Waals surface area contributed by atoms with Crippen LogP contribution < -0.4 is 10.2 Å². The van der Waals surface area contributed by atoms with Crippen molar-refractivity contribution in [2.45, 2.75) is 45.1 Å². The van der Waals surface area contributed by atoms with Gasteiger partial charge >= 0.3 is 0 Å². The van der Waals surface area contributed by atoms with E-state index in [1.807, 2.05) is 20.8 Å². The van der Waals surface area contributed by atoms with Crippen LogP contribution in [0.1, 0.15) is 39.3 Å². The van der Waals surface area contributed by atoms with Crippen molar-refractivity contribution >= 4 is 23.4 Å². The Bertz CT molecular complexity index is 793. The molecule has 0 saturated carbocycles. The summed E-state index contributed by atoms with van der Waals surface area (Å²) in [6.45, 7) is 5.97. The predicted octanol–water partition coefficient (Wildman–Crippen LogP) is 3.25. The van der Waals surface area contributed by atoms with Crippen molar-refractivity contribution in [2.75, 3.05) is 10.2 Å². The molecule has 2 heterocycles. The van der Waals surface area contributed by atoms with Gasteiger partial charge in [-0.15, -0.1) is 0 Å². The van der Waals surface area contributed by atoms with Gasteiger partial charge in [-0.2, -0.15) is 0 Å². The second kappa shape index (κ2) is 6.31. The predicted molar refractivity (Wildman–Crippen MR) is 90.7 cm³/mol. The molecule has 1 fully saturated rings. The maximum atomic E-state index is 13.1. The SMILES string of the molecule is CC(C)(C)c1cc(NC(=O)[C@@H]2CCC(=O)N2c2ccc(F)cc2)on1. The largest absolute Gasteiger partial charge is 0.338 e. The first-order chi connectivity index (χ1) is 11.8. The Morgan fingerprint density at radius 1 is 1.32 bits per heavy atom. The van der Waals surface area contributed by atoms with E-state index < -0.39 is 11.9 Å². The number of nitrogens with zero attached hydrogens (tertiary/aromatic N) is 2. The zero-order chi connectivity index (χ0) is 18.2. The molecule has 1 saturated heterocycles. The topological polar surface area (TPSA) is 75.4 Å². The lowest BCUT2D eigenvalue weighted by Gasteiger charge is -2.23. The molecule has 0 aliphatic carbocycles. The highest BCUT2D eigenvalue weighted by atomic mass is 19.1. The van der Waals surface area contributed by atoms with Gasteiger partial charge in [-0.3, -0.25) is 19.8 Å². The molecule has 7 heteroatoms. The van der Waals surface area contributed by atoms with Gasteiger partial charge in [-0.25, -0.2) is 4.39 Å². The van der Waals surface area contributed by atoms with Crippen LogP contribution in [0.3, 0.4) is 0 Å². The number of hydrogen-bond acceptors (Lipinski definition) is 4. The zero-order valence-corrected chi connectivity index (χ0v) is 14.4. The smallest absolute Gasteiger partial charge is 0.249 e. The molecule has 0 radical (unpaired) electrons. The molecule has 132 valence electrons. The van der Waals surface area contributed by atoms with Gasteiger partial charge in [-0.1, -0.05) is 25.9 Å². The molecule has 0 unspecified atom stereocenters. The zero-order valence-electron chi connectivity index (χ0n) is 14.4. The first-order valence-electron chi connectivity index (χ1n) is 8.11. The fraction of sp³-hybridized carbons (Fsp3) is 0.389. The van der Waals surface area contributed by atoms with Crippen molar-refractivity contribution in [3.63, 3.8) is 0 Å². The van der Waals surface area contributed by atoms with Crippen LogP contribution in [0.5, 0.6) is 0 Å². The molecule has 1 aromatic carbocycles. The van der Waals surface area contributed by atoms with Crippen molar-refractivity contribution in [3.8, 4) is 0 Å². The van der Waals surface area contributed by atoms with Gasteiger partial charge in [0.25, 0.3) is 0 Å². The third-order valence-corrected chi connectivity index (χ3v) is 4.14. The standard InChI is InChI=1S/C18H20FN3O3/c1-18(2,3)14-10-15(25-21-14)20-17(24)13-8-9-16(23)22(13)12-6-4-11(19)5-7-12/h4-7,10,13H,8-9H2,1-3H3,(H,20,24)/t13-/m0/s1. The molecule has 0 bridgehead atoms. The molecule has 3 rings (SSSR count). The van der Waals surface area contributed by atoms with E-state index in [2.05, 4.69) is 10.5 Å². The van der Waals surface area contributed by atoms with Gasteiger partial charge in [0, 0.05) is 23.6 Å². The number of halogens is 1. The first kappa shape index (κ1) is 17.1. The Kier molecular flexibility index (Phi) is 4.32. The number of benzene rings is 1. The molecule has 25 heavy (non-hydrogen) atoms. The minimum atomic E-state index is -0.666. The number of hydrogen-bond donors (Lipinski definition) is 1. The van der Waals surface area contributed by atoms with E-state index in [-0.39, 0.29) is 29.5 Å². The number of rotatable bonds is 3. The minimum absolute atomic E-state index is 0.167. The fourth-order valence-electron chi connectivity index (χ4n) is 2.75. The van der Waals surface area contributed by atoms with Crippen molar-refractivity contribution in [1.82, 2.24) is 5.16 Å². The first-order valence-corrected chi connectivity index (χ1v) is 8.11. The summed E-state index contributed by atoms with van der Waals surface area (Å²) in [5.74, 6) is -0.674. The van der Waals surface area contributed by atoms with E-state index in [0.717, 1.165) is 5.69 Å². The Balaban J connectivity index is 1.77. The Morgan fingerprint density at radius 3 is 2.60 bits per heavy atom. The van der Waals surface area contributed by atoms with E-state index in [9.17, 15) is 14.0 Å². The summed E-state index contributed by atoms with van der Waals surface area (Å²) in [5, 5.41) is 6.63. The van der Waals surface area contributed by atoms with Gasteiger partial charge < -0.3 is 4.52 Å². The molecule has 2 amide bonds. The molecule has 1 aromatic heterocycles. The van der Waals surface area contributed by atoms with Crippen LogP contribution in [-0.2, 0) is 15.0 Å². The highest BCUT2D eigenvalue weighted by molar-refractivity contribution is 6.07. The number of carbonyl (C=O) groups is 2. The monoisotopic (exact) mass is 345 g/mol.